The summed E-state index contributed by atoms with van der Waals surface area (Å²) in [5.41, 5.74) is 1.17. The second-order valence-electron chi connectivity index (χ2n) is 7.31. The van der Waals surface area contributed by atoms with Gasteiger partial charge >= 0.3 is 6.18 Å². The van der Waals surface area contributed by atoms with E-state index in [9.17, 15) is 13.2 Å². The van der Waals surface area contributed by atoms with Gasteiger partial charge in [0.25, 0.3) is 0 Å². The minimum absolute atomic E-state index is 0. The van der Waals surface area contributed by atoms with Gasteiger partial charge in [-0.25, -0.2) is 0 Å². The predicted molar refractivity (Wildman–Crippen MR) is 117 cm³/mol. The maximum absolute atomic E-state index is 12.9. The van der Waals surface area contributed by atoms with Crippen LogP contribution in [0.2, 0.25) is 0 Å². The number of halogens is 4. The zero-order chi connectivity index (χ0) is 20.0. The summed E-state index contributed by atoms with van der Waals surface area (Å²) in [4.78, 5) is 12.0. The van der Waals surface area contributed by atoms with Crippen LogP contribution in [-0.4, -0.2) is 72.7 Å². The molecule has 28 heavy (non-hydrogen) atoms. The highest BCUT2D eigenvalue weighted by atomic mass is 127. The van der Waals surface area contributed by atoms with Gasteiger partial charge in [-0.05, 0) is 24.5 Å². The Morgan fingerprint density at radius 1 is 1.21 bits per heavy atom. The molecule has 1 saturated heterocycles. The quantitative estimate of drug-likeness (QED) is 0.372. The second kappa shape index (κ2) is 11.2. The van der Waals surface area contributed by atoms with E-state index in [4.69, 9.17) is 0 Å². The average molecular weight is 513 g/mol. The third kappa shape index (κ3) is 6.75. The van der Waals surface area contributed by atoms with E-state index in [1.807, 2.05) is 17.2 Å². The van der Waals surface area contributed by atoms with Gasteiger partial charge in [-0.3, -0.25) is 14.9 Å². The zero-order valence-corrected chi connectivity index (χ0v) is 19.2. The molecule has 5 nitrogen and oxygen atoms in total. The molecule has 0 amide bonds. The Balaban J connectivity index is 0.00000392. The van der Waals surface area contributed by atoms with Crippen molar-refractivity contribution in [2.45, 2.75) is 38.9 Å². The summed E-state index contributed by atoms with van der Waals surface area (Å²) in [6.45, 7) is 8.06. The lowest BCUT2D eigenvalue weighted by atomic mass is 9.89. The van der Waals surface area contributed by atoms with Gasteiger partial charge < -0.3 is 10.2 Å². The van der Waals surface area contributed by atoms with Gasteiger partial charge in [-0.15, -0.1) is 24.0 Å². The molecule has 2 heterocycles. The minimum Gasteiger partial charge on any atom is -0.356 e. The number of alkyl halides is 3. The number of aliphatic imine (C=N–C) groups is 1. The fourth-order valence-corrected chi connectivity index (χ4v) is 3.40. The topological polar surface area (TPSA) is 43.8 Å². The third-order valence-corrected chi connectivity index (χ3v) is 5.24. The first-order valence-electron chi connectivity index (χ1n) is 9.40. The normalized spacial score (nSPS) is 18.6. The molecule has 1 fully saturated rings. The van der Waals surface area contributed by atoms with Gasteiger partial charge in [-0.1, -0.05) is 19.9 Å². The number of guanidine groups is 1. The highest BCUT2D eigenvalue weighted by molar-refractivity contribution is 14.0. The molecule has 9 heteroatoms. The smallest absolute Gasteiger partial charge is 0.356 e. The first-order chi connectivity index (χ1) is 12.7. The van der Waals surface area contributed by atoms with Crippen molar-refractivity contribution < 1.29 is 13.2 Å². The minimum atomic E-state index is -4.18. The molecule has 0 aromatic carbocycles. The molecule has 1 aromatic heterocycles. The molecule has 160 valence electrons. The van der Waals surface area contributed by atoms with Crippen LogP contribution in [0.25, 0.3) is 0 Å². The molecule has 1 aliphatic heterocycles. The first-order valence-corrected chi connectivity index (χ1v) is 9.40. The van der Waals surface area contributed by atoms with Crippen LogP contribution in [0.4, 0.5) is 13.2 Å². The number of piperazine rings is 1. The molecule has 0 aliphatic carbocycles. The Labute approximate surface area is 182 Å². The number of hydrogen-bond acceptors (Lipinski definition) is 3. The zero-order valence-electron chi connectivity index (χ0n) is 16.9. The van der Waals surface area contributed by atoms with E-state index in [0.717, 1.165) is 5.96 Å². The van der Waals surface area contributed by atoms with Crippen molar-refractivity contribution >= 4 is 29.9 Å². The highest BCUT2D eigenvalue weighted by Crippen LogP contribution is 2.25. The maximum atomic E-state index is 12.9. The lowest BCUT2D eigenvalue weighted by Gasteiger charge is -2.40. The molecular formula is C19H31F3IN5. The van der Waals surface area contributed by atoms with Crippen LogP contribution in [0, 0.1) is 5.92 Å². The van der Waals surface area contributed by atoms with E-state index in [0.29, 0.717) is 38.6 Å². The first kappa shape index (κ1) is 24.9. The van der Waals surface area contributed by atoms with Crippen molar-refractivity contribution in [1.82, 2.24) is 20.1 Å². The summed E-state index contributed by atoms with van der Waals surface area (Å²) in [5, 5.41) is 3.40. The van der Waals surface area contributed by atoms with Gasteiger partial charge in [0.1, 0.15) is 6.04 Å². The Bertz CT molecular complexity index is 601. The number of aromatic nitrogens is 1. The Morgan fingerprint density at radius 2 is 1.86 bits per heavy atom. The summed E-state index contributed by atoms with van der Waals surface area (Å²) in [6.07, 6.45) is -0.544. The molecule has 2 unspecified atom stereocenters. The standard InChI is InChI=1S/C19H30F3N5.HI/c1-14(2)17(16-6-5-7-24-12-16)13-25-18(23-4)27-10-8-26(9-11-27)15(3)19(20,21)22;/h5-7,12,14-15,17H,8-11,13H2,1-4H3,(H,23,25);1H. The monoisotopic (exact) mass is 513 g/mol. The second-order valence-corrected chi connectivity index (χ2v) is 7.31. The van der Waals surface area contributed by atoms with Crippen molar-refractivity contribution in [2.24, 2.45) is 10.9 Å². The lowest BCUT2D eigenvalue weighted by molar-refractivity contribution is -0.181. The van der Waals surface area contributed by atoms with E-state index in [1.54, 1.807) is 13.2 Å². The molecule has 0 saturated carbocycles. The van der Waals surface area contributed by atoms with Crippen LogP contribution in [0.15, 0.2) is 29.5 Å². The van der Waals surface area contributed by atoms with Crippen molar-refractivity contribution in [2.75, 3.05) is 39.8 Å². The van der Waals surface area contributed by atoms with E-state index in [1.165, 1.54) is 17.4 Å². The summed E-state index contributed by atoms with van der Waals surface area (Å²) in [5.74, 6) is 1.44. The fourth-order valence-electron chi connectivity index (χ4n) is 3.40. The number of pyridine rings is 1. The number of nitrogens with one attached hydrogen (secondary N) is 1. The van der Waals surface area contributed by atoms with Crippen molar-refractivity contribution in [3.63, 3.8) is 0 Å². The maximum Gasteiger partial charge on any atom is 0.403 e. The van der Waals surface area contributed by atoms with E-state index >= 15 is 0 Å². The van der Waals surface area contributed by atoms with E-state index < -0.39 is 12.2 Å². The Morgan fingerprint density at radius 3 is 2.32 bits per heavy atom. The van der Waals surface area contributed by atoms with Crippen molar-refractivity contribution in [3.05, 3.63) is 30.1 Å². The molecular weight excluding hydrogens is 482 g/mol. The number of hydrogen-bond donors (Lipinski definition) is 1. The van der Waals surface area contributed by atoms with Gasteiger partial charge in [-0.2, -0.15) is 13.2 Å². The molecule has 0 radical (unpaired) electrons. The van der Waals surface area contributed by atoms with Crippen LogP contribution in [0.1, 0.15) is 32.3 Å². The van der Waals surface area contributed by atoms with Gasteiger partial charge in [0.05, 0.1) is 0 Å². The summed E-state index contributed by atoms with van der Waals surface area (Å²) in [6, 6.07) is 2.59. The van der Waals surface area contributed by atoms with Gasteiger partial charge in [0.15, 0.2) is 5.96 Å². The van der Waals surface area contributed by atoms with Crippen LogP contribution >= 0.6 is 24.0 Å². The van der Waals surface area contributed by atoms with E-state index in [-0.39, 0.29) is 29.9 Å². The summed E-state index contributed by atoms with van der Waals surface area (Å²) >= 11 is 0. The molecule has 1 aromatic rings. The SMILES string of the molecule is CN=C(NCC(c1cccnc1)C(C)C)N1CCN(C(C)C(F)(F)F)CC1.I. The van der Waals surface area contributed by atoms with E-state index in [2.05, 4.69) is 35.2 Å². The number of rotatable bonds is 5. The Kier molecular flexibility index (Phi) is 9.96. The largest absolute Gasteiger partial charge is 0.403 e. The molecule has 2 atom stereocenters. The molecule has 2 rings (SSSR count). The fraction of sp³-hybridized carbons (Fsp3) is 0.684. The predicted octanol–water partition coefficient (Wildman–Crippen LogP) is 3.58. The molecule has 0 spiro atoms. The average Bonchev–Trinajstić information content (AvgIpc) is 2.64. The van der Waals surface area contributed by atoms with Crippen LogP contribution in [-0.2, 0) is 0 Å². The lowest BCUT2D eigenvalue weighted by Crippen LogP contribution is -2.57. The van der Waals surface area contributed by atoms with Crippen molar-refractivity contribution in [3.8, 4) is 0 Å². The molecule has 0 bridgehead atoms. The Hall–Kier alpha value is -1.10. The van der Waals surface area contributed by atoms with Gasteiger partial charge in [0.2, 0.25) is 0 Å². The third-order valence-electron chi connectivity index (χ3n) is 5.24. The molecule has 1 aliphatic rings. The van der Waals surface area contributed by atoms with Crippen LogP contribution < -0.4 is 5.32 Å². The highest BCUT2D eigenvalue weighted by Gasteiger charge is 2.41. The summed E-state index contributed by atoms with van der Waals surface area (Å²) < 4.78 is 38.7. The van der Waals surface area contributed by atoms with Crippen LogP contribution in [0.5, 0.6) is 0 Å². The summed E-state index contributed by atoms with van der Waals surface area (Å²) in [7, 11) is 1.71. The molecule has 1 N–H and O–H groups in total. The van der Waals surface area contributed by atoms with Crippen LogP contribution in [0.3, 0.4) is 0 Å². The van der Waals surface area contributed by atoms with Gasteiger partial charge in [0, 0.05) is 58.1 Å². The number of nitrogens with zero attached hydrogens (tertiary/aromatic N) is 4. The van der Waals surface area contributed by atoms with Crippen molar-refractivity contribution in [1.29, 1.82) is 0 Å².